The molecular weight excluding hydrogens is 388 g/mol. The molecule has 0 atom stereocenters. The third-order valence-electron chi connectivity index (χ3n) is 4.26. The number of benzene rings is 2. The van der Waals surface area contributed by atoms with E-state index in [1.807, 2.05) is 36.4 Å². The number of hydrogen-bond donors (Lipinski definition) is 1. The van der Waals surface area contributed by atoms with Gasteiger partial charge in [0.1, 0.15) is 5.76 Å². The number of aliphatic imine (C=N–C) groups is 1. The van der Waals surface area contributed by atoms with Gasteiger partial charge in [-0.3, -0.25) is 9.69 Å². The van der Waals surface area contributed by atoms with Crippen LogP contribution in [-0.2, 0) is 11.3 Å². The zero-order chi connectivity index (χ0) is 20.2. The van der Waals surface area contributed by atoms with Gasteiger partial charge < -0.3 is 14.3 Å². The number of ether oxygens (including phenoxy) is 1. The first-order valence-electron chi connectivity index (χ1n) is 8.88. The Balaban J connectivity index is 1.69. The molecule has 6 nitrogen and oxygen atoms in total. The molecule has 29 heavy (non-hydrogen) atoms. The van der Waals surface area contributed by atoms with Crippen molar-refractivity contribution in [3.63, 3.8) is 0 Å². The van der Waals surface area contributed by atoms with Gasteiger partial charge in [0, 0.05) is 0 Å². The van der Waals surface area contributed by atoms with Gasteiger partial charge in [0.05, 0.1) is 30.5 Å². The Bertz CT molecular complexity index is 1080. The average Bonchev–Trinajstić information content (AvgIpc) is 3.35. The maximum absolute atomic E-state index is 13.1. The van der Waals surface area contributed by atoms with Crippen molar-refractivity contribution in [3.05, 3.63) is 83.2 Å². The number of phenols is 1. The zero-order valence-electron chi connectivity index (χ0n) is 15.6. The third kappa shape index (κ3) is 4.20. The van der Waals surface area contributed by atoms with Gasteiger partial charge in [-0.1, -0.05) is 24.3 Å². The van der Waals surface area contributed by atoms with Gasteiger partial charge in [-0.25, -0.2) is 4.99 Å². The number of thioether (sulfide) groups is 1. The number of para-hydroxylation sites is 1. The lowest BCUT2D eigenvalue weighted by molar-refractivity contribution is -0.122. The molecule has 0 aliphatic carbocycles. The van der Waals surface area contributed by atoms with E-state index in [2.05, 4.69) is 4.99 Å². The largest absolute Gasteiger partial charge is 0.504 e. The second-order valence-corrected chi connectivity index (χ2v) is 7.25. The summed E-state index contributed by atoms with van der Waals surface area (Å²) < 4.78 is 10.6. The first-order chi connectivity index (χ1) is 14.1. The highest BCUT2D eigenvalue weighted by Crippen LogP contribution is 2.36. The first-order valence-corrected chi connectivity index (χ1v) is 9.70. The van der Waals surface area contributed by atoms with Crippen LogP contribution in [0.3, 0.4) is 0 Å². The number of methoxy groups -OCH3 is 1. The number of rotatable bonds is 5. The summed E-state index contributed by atoms with van der Waals surface area (Å²) in [6, 6.07) is 18.0. The molecule has 0 radical (unpaired) electrons. The van der Waals surface area contributed by atoms with Crippen LogP contribution >= 0.6 is 11.8 Å². The van der Waals surface area contributed by atoms with E-state index >= 15 is 0 Å². The van der Waals surface area contributed by atoms with Crippen LogP contribution in [0.15, 0.2) is 81.2 Å². The minimum Gasteiger partial charge on any atom is -0.504 e. The Morgan fingerprint density at radius 3 is 2.72 bits per heavy atom. The number of aromatic hydroxyl groups is 1. The predicted molar refractivity (Wildman–Crippen MR) is 113 cm³/mol. The Hall–Kier alpha value is -3.45. The number of amidine groups is 1. The molecule has 0 saturated carbocycles. The summed E-state index contributed by atoms with van der Waals surface area (Å²) in [5.74, 6) is 0.909. The number of furan rings is 1. The van der Waals surface area contributed by atoms with E-state index in [0.29, 0.717) is 28.1 Å². The fraction of sp³-hybridized carbons (Fsp3) is 0.0909. The summed E-state index contributed by atoms with van der Waals surface area (Å²) in [6.45, 7) is 0.292. The third-order valence-corrected chi connectivity index (χ3v) is 5.27. The monoisotopic (exact) mass is 406 g/mol. The van der Waals surface area contributed by atoms with Crippen LogP contribution in [0.25, 0.3) is 6.08 Å². The summed E-state index contributed by atoms with van der Waals surface area (Å²) in [5.41, 5.74) is 1.51. The fourth-order valence-electron chi connectivity index (χ4n) is 2.84. The molecule has 1 aliphatic heterocycles. The topological polar surface area (TPSA) is 75.3 Å². The number of nitrogens with zero attached hydrogens (tertiary/aromatic N) is 2. The zero-order valence-corrected chi connectivity index (χ0v) is 16.4. The van der Waals surface area contributed by atoms with Crippen molar-refractivity contribution in [3.8, 4) is 11.5 Å². The highest BCUT2D eigenvalue weighted by atomic mass is 32.2. The summed E-state index contributed by atoms with van der Waals surface area (Å²) in [5, 5.41) is 10.4. The molecule has 1 saturated heterocycles. The molecule has 1 N–H and O–H groups in total. The molecule has 7 heteroatoms. The average molecular weight is 406 g/mol. The molecule has 2 aromatic carbocycles. The van der Waals surface area contributed by atoms with Crippen LogP contribution in [-0.4, -0.2) is 28.2 Å². The van der Waals surface area contributed by atoms with Crippen molar-refractivity contribution in [2.75, 3.05) is 7.11 Å². The molecule has 1 aromatic heterocycles. The predicted octanol–water partition coefficient (Wildman–Crippen LogP) is 4.80. The lowest BCUT2D eigenvalue weighted by Gasteiger charge is -2.13. The summed E-state index contributed by atoms with van der Waals surface area (Å²) >= 11 is 1.30. The molecule has 1 amide bonds. The van der Waals surface area contributed by atoms with E-state index in [-0.39, 0.29) is 11.7 Å². The minimum absolute atomic E-state index is 0.0471. The van der Waals surface area contributed by atoms with Crippen molar-refractivity contribution in [1.29, 1.82) is 0 Å². The van der Waals surface area contributed by atoms with Gasteiger partial charge >= 0.3 is 0 Å². The van der Waals surface area contributed by atoms with Crippen molar-refractivity contribution < 1.29 is 19.1 Å². The Labute approximate surface area is 172 Å². The lowest BCUT2D eigenvalue weighted by Crippen LogP contribution is -2.28. The molecule has 4 rings (SSSR count). The SMILES string of the molecule is COc1cc(/C=C2/SC(=Nc3ccccc3)N(Cc3ccco3)C2=O)ccc1O. The van der Waals surface area contributed by atoms with Crippen molar-refractivity contribution >= 4 is 34.6 Å². The van der Waals surface area contributed by atoms with Gasteiger partial charge in [0.2, 0.25) is 0 Å². The molecule has 0 spiro atoms. The molecule has 3 aromatic rings. The summed E-state index contributed by atoms with van der Waals surface area (Å²) in [4.78, 5) is 19.9. The van der Waals surface area contributed by atoms with Crippen molar-refractivity contribution in [2.45, 2.75) is 6.54 Å². The number of carbonyl (C=O) groups excluding carboxylic acids is 1. The van der Waals surface area contributed by atoms with E-state index in [1.54, 1.807) is 35.4 Å². The first kappa shape index (κ1) is 18.9. The number of phenolic OH excluding ortho intramolecular Hbond substituents is 1. The minimum atomic E-state index is -0.159. The number of carbonyl (C=O) groups is 1. The fourth-order valence-corrected chi connectivity index (χ4v) is 3.84. The standard InChI is InChI=1S/C22H18N2O4S/c1-27-19-12-15(9-10-18(19)25)13-20-21(26)24(14-17-8-5-11-28-17)22(29-20)23-16-6-3-2-4-7-16/h2-13,25H,14H2,1H3/b20-13+,23-22?. The van der Waals surface area contributed by atoms with Gasteiger partial charge in [-0.2, -0.15) is 0 Å². The molecule has 0 unspecified atom stereocenters. The quantitative estimate of drug-likeness (QED) is 0.616. The number of hydrogen-bond acceptors (Lipinski definition) is 6. The van der Waals surface area contributed by atoms with E-state index in [9.17, 15) is 9.90 Å². The van der Waals surface area contributed by atoms with Crippen molar-refractivity contribution in [2.24, 2.45) is 4.99 Å². The van der Waals surface area contributed by atoms with Crippen LogP contribution in [0, 0.1) is 0 Å². The van der Waals surface area contributed by atoms with Gasteiger partial charge in [0.25, 0.3) is 5.91 Å². The maximum Gasteiger partial charge on any atom is 0.267 e. The van der Waals surface area contributed by atoms with Crippen LogP contribution < -0.4 is 4.74 Å². The number of amides is 1. The molecule has 1 aliphatic rings. The van der Waals surface area contributed by atoms with Gasteiger partial charge in [0.15, 0.2) is 16.7 Å². The molecule has 0 bridgehead atoms. The summed E-state index contributed by atoms with van der Waals surface area (Å²) in [6.07, 6.45) is 3.34. The highest BCUT2D eigenvalue weighted by Gasteiger charge is 2.34. The summed E-state index contributed by atoms with van der Waals surface area (Å²) in [7, 11) is 1.48. The van der Waals surface area contributed by atoms with Crippen LogP contribution in [0.1, 0.15) is 11.3 Å². The van der Waals surface area contributed by atoms with Crippen LogP contribution in [0.4, 0.5) is 5.69 Å². The van der Waals surface area contributed by atoms with Crippen molar-refractivity contribution in [1.82, 2.24) is 4.90 Å². The second kappa shape index (κ2) is 8.28. The molecule has 2 heterocycles. The second-order valence-electron chi connectivity index (χ2n) is 6.24. The van der Waals surface area contributed by atoms with Crippen LogP contribution in [0.5, 0.6) is 11.5 Å². The van der Waals surface area contributed by atoms with E-state index in [0.717, 1.165) is 11.3 Å². The molecular formula is C22H18N2O4S. The lowest BCUT2D eigenvalue weighted by atomic mass is 10.2. The highest BCUT2D eigenvalue weighted by molar-refractivity contribution is 8.18. The smallest absolute Gasteiger partial charge is 0.267 e. The Morgan fingerprint density at radius 1 is 1.17 bits per heavy atom. The van der Waals surface area contributed by atoms with Gasteiger partial charge in [-0.15, -0.1) is 0 Å². The van der Waals surface area contributed by atoms with Gasteiger partial charge in [-0.05, 0) is 59.8 Å². The Morgan fingerprint density at radius 2 is 2.00 bits per heavy atom. The molecule has 146 valence electrons. The maximum atomic E-state index is 13.1. The van der Waals surface area contributed by atoms with E-state index in [1.165, 1.54) is 24.9 Å². The van der Waals surface area contributed by atoms with E-state index < -0.39 is 0 Å². The van der Waals surface area contributed by atoms with Crippen LogP contribution in [0.2, 0.25) is 0 Å². The van der Waals surface area contributed by atoms with E-state index in [4.69, 9.17) is 9.15 Å². The normalized spacial score (nSPS) is 16.7. The molecule has 1 fully saturated rings. The Kier molecular flexibility index (Phi) is 5.39.